The van der Waals surface area contributed by atoms with Crippen LogP contribution >= 0.6 is 39.1 Å². The molecule has 2 N–H and O–H groups in total. The first-order valence-corrected chi connectivity index (χ1v) is 15.8. The van der Waals surface area contributed by atoms with Crippen LogP contribution in [-0.4, -0.2) is 55.2 Å². The number of amides is 1. The first-order valence-electron chi connectivity index (χ1n) is 14.2. The monoisotopic (exact) mass is 764 g/mol. The summed E-state index contributed by atoms with van der Waals surface area (Å²) in [7, 11) is 0. The molecule has 2 aliphatic rings. The van der Waals surface area contributed by atoms with Gasteiger partial charge in [-0.25, -0.2) is 9.98 Å². The number of aromatic nitrogens is 3. The Bertz CT molecular complexity index is 1710. The largest absolute Gasteiger partial charge is 0.463 e. The number of hydrogen-bond acceptors (Lipinski definition) is 7. The molecule has 9 nitrogen and oxygen atoms in total. The minimum atomic E-state index is -4.60. The molecule has 2 atom stereocenters. The molecular formula is C30H28BrCl2F5N6O3. The van der Waals surface area contributed by atoms with E-state index in [0.29, 0.717) is 10.2 Å². The molecule has 1 saturated carbocycles. The molecule has 3 aromatic rings. The van der Waals surface area contributed by atoms with Crippen LogP contribution in [0, 0.1) is 5.41 Å². The van der Waals surface area contributed by atoms with E-state index in [9.17, 15) is 31.5 Å². The number of hydrogen-bond donors (Lipinski definition) is 1. The number of rotatable bonds is 11. The maximum absolute atomic E-state index is 14.6. The number of guanidine groups is 1. The number of aliphatic imine (C=N–C) groups is 1. The molecule has 0 bridgehead atoms. The van der Waals surface area contributed by atoms with Gasteiger partial charge < -0.3 is 10.5 Å². The third kappa shape index (κ3) is 6.98. The average molecular weight is 766 g/mol. The van der Waals surface area contributed by atoms with Crippen molar-refractivity contribution in [1.29, 1.82) is 0 Å². The Morgan fingerprint density at radius 1 is 1.15 bits per heavy atom. The van der Waals surface area contributed by atoms with Crippen molar-refractivity contribution in [1.82, 2.24) is 19.7 Å². The van der Waals surface area contributed by atoms with E-state index in [-0.39, 0.29) is 47.2 Å². The number of esters is 1. The van der Waals surface area contributed by atoms with Gasteiger partial charge in [0.25, 0.3) is 5.91 Å². The van der Waals surface area contributed by atoms with E-state index in [1.165, 1.54) is 18.2 Å². The van der Waals surface area contributed by atoms with Gasteiger partial charge >= 0.3 is 18.7 Å². The molecule has 1 fully saturated rings. The van der Waals surface area contributed by atoms with Gasteiger partial charge in [-0.05, 0) is 62.1 Å². The molecule has 0 spiro atoms. The van der Waals surface area contributed by atoms with E-state index >= 15 is 0 Å². The summed E-state index contributed by atoms with van der Waals surface area (Å²) >= 11 is 16.4. The minimum absolute atomic E-state index is 0.00253. The maximum Gasteiger partial charge on any atom is 0.395 e. The number of halogens is 8. The highest BCUT2D eigenvalue weighted by atomic mass is 79.9. The van der Waals surface area contributed by atoms with Gasteiger partial charge in [0.15, 0.2) is 17.3 Å². The number of nitrogens with zero attached hydrogens (tertiary/aromatic N) is 5. The molecule has 0 radical (unpaired) electrons. The van der Waals surface area contributed by atoms with Crippen molar-refractivity contribution in [3.63, 3.8) is 0 Å². The molecule has 0 unspecified atom stereocenters. The van der Waals surface area contributed by atoms with Crippen LogP contribution in [0.2, 0.25) is 5.02 Å². The molecule has 17 heteroatoms. The smallest absolute Gasteiger partial charge is 0.395 e. The lowest BCUT2D eigenvalue weighted by Crippen LogP contribution is -2.47. The van der Waals surface area contributed by atoms with Crippen molar-refractivity contribution in [2.24, 2.45) is 16.1 Å². The van der Waals surface area contributed by atoms with Crippen molar-refractivity contribution < 1.29 is 36.3 Å². The highest BCUT2D eigenvalue weighted by Gasteiger charge is 2.64. The summed E-state index contributed by atoms with van der Waals surface area (Å²) in [6.45, 7) is -0.344. The zero-order chi connectivity index (χ0) is 34.5. The Balaban J connectivity index is 1.58. The van der Waals surface area contributed by atoms with Crippen LogP contribution in [-0.2, 0) is 19.9 Å². The summed E-state index contributed by atoms with van der Waals surface area (Å²) < 4.78 is 74.7. The SMILES string of the molecule is CC(C)(Cl)C[C@]1(c2ccc(Br)cc2)N=C(N)N([C@H](COC(=O)CC2(C(F)(F)F)CC2)c2ccc(Cl)c(-c3ncnn3C(F)F)c2)C1=O. The second kappa shape index (κ2) is 12.6. The van der Waals surface area contributed by atoms with Crippen LogP contribution in [0.4, 0.5) is 22.0 Å². The zero-order valence-corrected chi connectivity index (χ0v) is 28.0. The van der Waals surface area contributed by atoms with Crippen molar-refractivity contribution in [2.45, 2.75) is 68.7 Å². The highest BCUT2D eigenvalue weighted by molar-refractivity contribution is 9.10. The number of alkyl halides is 6. The van der Waals surface area contributed by atoms with Crippen molar-refractivity contribution >= 4 is 57.0 Å². The number of nitrogens with two attached hydrogens (primary N) is 1. The minimum Gasteiger partial charge on any atom is -0.463 e. The fourth-order valence-corrected chi connectivity index (χ4v) is 6.34. The molecule has 47 heavy (non-hydrogen) atoms. The van der Waals surface area contributed by atoms with Crippen LogP contribution in [0.1, 0.15) is 63.2 Å². The molecule has 1 aliphatic carbocycles. The number of ether oxygens (including phenoxy) is 1. The van der Waals surface area contributed by atoms with E-state index in [0.717, 1.165) is 15.7 Å². The molecule has 1 aromatic heterocycles. The van der Waals surface area contributed by atoms with Crippen LogP contribution in [0.5, 0.6) is 0 Å². The van der Waals surface area contributed by atoms with Crippen LogP contribution < -0.4 is 5.73 Å². The number of carbonyl (C=O) groups is 2. The lowest BCUT2D eigenvalue weighted by Gasteiger charge is -2.34. The second-order valence-corrected chi connectivity index (χ2v) is 14.5. The van der Waals surface area contributed by atoms with E-state index < -0.39 is 59.5 Å². The number of benzene rings is 2. The molecule has 2 heterocycles. The van der Waals surface area contributed by atoms with Crippen LogP contribution in [0.15, 0.2) is 58.3 Å². The van der Waals surface area contributed by atoms with Crippen molar-refractivity contribution in [3.8, 4) is 11.4 Å². The lowest BCUT2D eigenvalue weighted by molar-refractivity contribution is -0.195. The molecule has 2 aromatic carbocycles. The summed E-state index contributed by atoms with van der Waals surface area (Å²) in [6, 6.07) is 9.60. The third-order valence-electron chi connectivity index (χ3n) is 8.15. The molecule has 0 saturated heterocycles. The predicted octanol–water partition coefficient (Wildman–Crippen LogP) is 7.53. The summed E-state index contributed by atoms with van der Waals surface area (Å²) in [5.74, 6) is -2.39. The molecule has 5 rings (SSSR count). The second-order valence-electron chi connectivity index (χ2n) is 12.1. The molecule has 1 amide bonds. The summed E-state index contributed by atoms with van der Waals surface area (Å²) in [6.07, 6.45) is -5.05. The van der Waals surface area contributed by atoms with Gasteiger partial charge in [-0.3, -0.25) is 14.5 Å². The summed E-state index contributed by atoms with van der Waals surface area (Å²) in [5.41, 5.74) is 3.25. The summed E-state index contributed by atoms with van der Waals surface area (Å²) in [5, 5.41) is 3.54. The van der Waals surface area contributed by atoms with Gasteiger partial charge in [0.05, 0.1) is 22.9 Å². The van der Waals surface area contributed by atoms with E-state index in [1.807, 2.05) is 0 Å². The Hall–Kier alpha value is -3.30. The molecular weight excluding hydrogens is 738 g/mol. The average Bonchev–Trinajstić information content (AvgIpc) is 3.52. The maximum atomic E-state index is 14.6. The van der Waals surface area contributed by atoms with Gasteiger partial charge in [0.2, 0.25) is 0 Å². The van der Waals surface area contributed by atoms with Gasteiger partial charge in [0.1, 0.15) is 12.9 Å². The lowest BCUT2D eigenvalue weighted by atomic mass is 9.81. The van der Waals surface area contributed by atoms with Crippen molar-refractivity contribution in [2.75, 3.05) is 6.61 Å². The van der Waals surface area contributed by atoms with Gasteiger partial charge in [-0.15, -0.1) is 11.6 Å². The van der Waals surface area contributed by atoms with Crippen molar-refractivity contribution in [3.05, 3.63) is 69.4 Å². The fourth-order valence-electron chi connectivity index (χ4n) is 5.68. The van der Waals surface area contributed by atoms with E-state index in [4.69, 9.17) is 33.7 Å². The van der Waals surface area contributed by atoms with E-state index in [2.05, 4.69) is 31.0 Å². The predicted molar refractivity (Wildman–Crippen MR) is 167 cm³/mol. The quantitative estimate of drug-likeness (QED) is 0.123. The highest BCUT2D eigenvalue weighted by Crippen LogP contribution is 2.60. The fraction of sp³-hybridized carbons (Fsp3) is 0.433. The number of carbonyl (C=O) groups excluding carboxylic acids is 2. The van der Waals surface area contributed by atoms with E-state index in [1.54, 1.807) is 38.1 Å². The van der Waals surface area contributed by atoms with Gasteiger partial charge in [-0.2, -0.15) is 31.7 Å². The topological polar surface area (TPSA) is 116 Å². The summed E-state index contributed by atoms with van der Waals surface area (Å²) in [4.78, 5) is 36.0. The normalized spacial score (nSPS) is 20.0. The molecule has 252 valence electrons. The third-order valence-corrected chi connectivity index (χ3v) is 9.14. The Kier molecular flexibility index (Phi) is 9.40. The van der Waals surface area contributed by atoms with Crippen LogP contribution in [0.25, 0.3) is 11.4 Å². The first kappa shape index (κ1) is 35.0. The Morgan fingerprint density at radius 2 is 1.81 bits per heavy atom. The van der Waals surface area contributed by atoms with Gasteiger partial charge in [-0.1, -0.05) is 45.7 Å². The van der Waals surface area contributed by atoms with Gasteiger partial charge in [0, 0.05) is 21.3 Å². The molecule has 1 aliphatic heterocycles. The standard InChI is InChI=1S/C30H28BrCl2F5N6O3/c1-27(2,33)14-29(17-4-6-18(31)7-5-17)24(46)43(26(39)42-29)21(13-47-22(45)12-28(9-10-28)30(36,37)38)16-3-8-20(32)19(11-16)23-40-15-41-44(23)25(34)35/h3-8,11,15,21,25H,9-10,12-14H2,1-2H3,(H2,39,42)/t21-,29-/m1/s1. The van der Waals surface area contributed by atoms with Crippen LogP contribution in [0.3, 0.4) is 0 Å². The Labute approximate surface area is 284 Å². The first-order chi connectivity index (χ1) is 21.9. The Morgan fingerprint density at radius 3 is 2.38 bits per heavy atom. The zero-order valence-electron chi connectivity index (χ0n) is 24.9.